The Bertz CT molecular complexity index is 413. The predicted molar refractivity (Wildman–Crippen MR) is 59.9 cm³/mol. The van der Waals surface area contributed by atoms with Gasteiger partial charge < -0.3 is 4.57 Å². The molecule has 0 saturated heterocycles. The molecule has 14 heavy (non-hydrogen) atoms. The van der Waals surface area contributed by atoms with Crippen molar-refractivity contribution in [1.29, 1.82) is 0 Å². The molecule has 2 aromatic rings. The maximum Gasteiger partial charge on any atom is 0.0452 e. The predicted octanol–water partition coefficient (Wildman–Crippen LogP) is 3.35. The van der Waals surface area contributed by atoms with Crippen molar-refractivity contribution in [3.05, 3.63) is 53.9 Å². The summed E-state index contributed by atoms with van der Waals surface area (Å²) < 4.78 is 2.13. The molecule has 0 atom stereocenters. The summed E-state index contributed by atoms with van der Waals surface area (Å²) in [6.45, 7) is 4.36. The van der Waals surface area contributed by atoms with E-state index < -0.39 is 0 Å². The van der Waals surface area contributed by atoms with E-state index in [4.69, 9.17) is 0 Å². The normalized spacial score (nSPS) is 10.4. The van der Waals surface area contributed by atoms with Crippen molar-refractivity contribution < 1.29 is 0 Å². The molecule has 1 aromatic heterocycles. The Kier molecular flexibility index (Phi) is 2.40. The number of aromatic nitrogens is 1. The van der Waals surface area contributed by atoms with Gasteiger partial charge in [-0.05, 0) is 48.7 Å². The summed E-state index contributed by atoms with van der Waals surface area (Å²) >= 11 is 0. The quantitative estimate of drug-likeness (QED) is 0.676. The van der Waals surface area contributed by atoms with Crippen molar-refractivity contribution in [2.24, 2.45) is 0 Å². The summed E-state index contributed by atoms with van der Waals surface area (Å²) in [7, 11) is 0. The molecule has 72 valence electrons. The minimum absolute atomic E-state index is 1.11. The maximum absolute atomic E-state index is 2.23. The van der Waals surface area contributed by atoms with E-state index in [-0.39, 0.29) is 0 Å². The fourth-order valence-corrected chi connectivity index (χ4v) is 1.74. The molecule has 0 unspecified atom stereocenters. The van der Waals surface area contributed by atoms with Crippen LogP contribution in [0, 0.1) is 6.92 Å². The number of aryl methyl sites for hydroxylation is 2. The first-order valence-electron chi connectivity index (χ1n) is 5.04. The van der Waals surface area contributed by atoms with Crippen molar-refractivity contribution in [2.45, 2.75) is 20.3 Å². The van der Waals surface area contributed by atoms with E-state index >= 15 is 0 Å². The number of rotatable bonds is 2. The fourth-order valence-electron chi connectivity index (χ4n) is 1.74. The number of nitrogens with zero attached hydrogens (tertiary/aromatic N) is 1. The van der Waals surface area contributed by atoms with Gasteiger partial charge in [0.25, 0.3) is 0 Å². The highest BCUT2D eigenvalue weighted by Gasteiger charge is 1.98. The maximum atomic E-state index is 2.23. The Labute approximate surface area is 85.0 Å². The molecule has 0 aliphatic rings. The standard InChI is InChI=1S/C13H15N/c1-3-12-6-7-13(10-11(12)2)14-8-4-5-9-14/h4-10H,3H2,1-2H3. The van der Waals surface area contributed by atoms with Crippen LogP contribution in [0.1, 0.15) is 18.1 Å². The third-order valence-corrected chi connectivity index (χ3v) is 2.61. The molecule has 1 heteroatoms. The molecule has 0 aliphatic carbocycles. The zero-order chi connectivity index (χ0) is 9.97. The van der Waals surface area contributed by atoms with Gasteiger partial charge in [-0.15, -0.1) is 0 Å². The van der Waals surface area contributed by atoms with Gasteiger partial charge in [0.15, 0.2) is 0 Å². The Morgan fingerprint density at radius 3 is 2.43 bits per heavy atom. The smallest absolute Gasteiger partial charge is 0.0452 e. The molecule has 0 bridgehead atoms. The molecular weight excluding hydrogens is 170 g/mol. The summed E-state index contributed by atoms with van der Waals surface area (Å²) in [5.74, 6) is 0. The highest BCUT2D eigenvalue weighted by Crippen LogP contribution is 2.15. The fraction of sp³-hybridized carbons (Fsp3) is 0.231. The first-order valence-corrected chi connectivity index (χ1v) is 5.04. The zero-order valence-corrected chi connectivity index (χ0v) is 8.70. The van der Waals surface area contributed by atoms with E-state index in [1.807, 2.05) is 12.1 Å². The van der Waals surface area contributed by atoms with Gasteiger partial charge in [0.1, 0.15) is 0 Å². The molecule has 1 heterocycles. The molecule has 0 aliphatic heterocycles. The van der Waals surface area contributed by atoms with Crippen LogP contribution in [0.15, 0.2) is 42.7 Å². The van der Waals surface area contributed by atoms with E-state index in [0.29, 0.717) is 0 Å². The van der Waals surface area contributed by atoms with Gasteiger partial charge in [-0.25, -0.2) is 0 Å². The number of benzene rings is 1. The highest BCUT2D eigenvalue weighted by atomic mass is 14.9. The SMILES string of the molecule is CCc1ccc(-n2cccc2)cc1C. The molecule has 2 rings (SSSR count). The average molecular weight is 185 g/mol. The minimum atomic E-state index is 1.11. The van der Waals surface area contributed by atoms with Gasteiger partial charge >= 0.3 is 0 Å². The van der Waals surface area contributed by atoms with Crippen LogP contribution < -0.4 is 0 Å². The van der Waals surface area contributed by atoms with Crippen LogP contribution in [0.3, 0.4) is 0 Å². The lowest BCUT2D eigenvalue weighted by Gasteiger charge is -2.07. The van der Waals surface area contributed by atoms with Gasteiger partial charge in [-0.1, -0.05) is 13.0 Å². The lowest BCUT2D eigenvalue weighted by molar-refractivity contribution is 1.05. The van der Waals surface area contributed by atoms with Crippen LogP contribution in [0.2, 0.25) is 0 Å². The molecule has 0 fully saturated rings. The van der Waals surface area contributed by atoms with E-state index in [1.54, 1.807) is 0 Å². The molecule has 1 nitrogen and oxygen atoms in total. The second-order valence-electron chi connectivity index (χ2n) is 3.55. The van der Waals surface area contributed by atoms with Crippen LogP contribution in [0.5, 0.6) is 0 Å². The van der Waals surface area contributed by atoms with Gasteiger partial charge in [0.2, 0.25) is 0 Å². The van der Waals surface area contributed by atoms with E-state index in [1.165, 1.54) is 16.8 Å². The van der Waals surface area contributed by atoms with Crippen molar-refractivity contribution in [3.63, 3.8) is 0 Å². The summed E-state index contributed by atoms with van der Waals surface area (Å²) in [6, 6.07) is 10.7. The second-order valence-corrected chi connectivity index (χ2v) is 3.55. The average Bonchev–Trinajstić information content (AvgIpc) is 2.70. The third kappa shape index (κ3) is 1.58. The molecular formula is C13H15N. The number of hydrogen-bond donors (Lipinski definition) is 0. The van der Waals surface area contributed by atoms with Crippen LogP contribution in [-0.2, 0) is 6.42 Å². The Morgan fingerprint density at radius 2 is 1.86 bits per heavy atom. The highest BCUT2D eigenvalue weighted by molar-refractivity contribution is 5.40. The van der Waals surface area contributed by atoms with Crippen molar-refractivity contribution >= 4 is 0 Å². The summed E-state index contributed by atoms with van der Waals surface area (Å²) in [4.78, 5) is 0. The van der Waals surface area contributed by atoms with Crippen molar-refractivity contribution in [1.82, 2.24) is 4.57 Å². The molecule has 1 aromatic carbocycles. The van der Waals surface area contributed by atoms with Gasteiger partial charge in [-0.3, -0.25) is 0 Å². The van der Waals surface area contributed by atoms with Crippen LogP contribution in [-0.4, -0.2) is 4.57 Å². The lowest BCUT2D eigenvalue weighted by Crippen LogP contribution is -1.93. The van der Waals surface area contributed by atoms with Crippen LogP contribution in [0.4, 0.5) is 0 Å². The summed E-state index contributed by atoms with van der Waals surface area (Å²) in [5, 5.41) is 0. The Balaban J connectivity index is 2.43. The third-order valence-electron chi connectivity index (χ3n) is 2.61. The second kappa shape index (κ2) is 3.70. The van der Waals surface area contributed by atoms with Crippen molar-refractivity contribution in [2.75, 3.05) is 0 Å². The minimum Gasteiger partial charge on any atom is -0.324 e. The zero-order valence-electron chi connectivity index (χ0n) is 8.70. The molecule has 0 N–H and O–H groups in total. The number of hydrogen-bond acceptors (Lipinski definition) is 0. The molecule has 0 amide bonds. The largest absolute Gasteiger partial charge is 0.324 e. The van der Waals surface area contributed by atoms with Crippen LogP contribution in [0.25, 0.3) is 5.69 Å². The van der Waals surface area contributed by atoms with Gasteiger partial charge in [0.05, 0.1) is 0 Å². The monoisotopic (exact) mass is 185 g/mol. The van der Waals surface area contributed by atoms with E-state index in [2.05, 4.69) is 49.0 Å². The van der Waals surface area contributed by atoms with Crippen LogP contribution >= 0.6 is 0 Å². The van der Waals surface area contributed by atoms with E-state index in [9.17, 15) is 0 Å². The lowest BCUT2D eigenvalue weighted by atomic mass is 10.1. The summed E-state index contributed by atoms with van der Waals surface area (Å²) in [6.07, 6.45) is 5.25. The Morgan fingerprint density at radius 1 is 1.14 bits per heavy atom. The first-order chi connectivity index (χ1) is 6.81. The molecule has 0 radical (unpaired) electrons. The molecule has 0 saturated carbocycles. The Hall–Kier alpha value is -1.50. The van der Waals surface area contributed by atoms with Gasteiger partial charge in [-0.2, -0.15) is 0 Å². The first kappa shape index (κ1) is 9.07. The van der Waals surface area contributed by atoms with E-state index in [0.717, 1.165) is 6.42 Å². The topological polar surface area (TPSA) is 4.93 Å². The van der Waals surface area contributed by atoms with Gasteiger partial charge in [0, 0.05) is 18.1 Å². The van der Waals surface area contributed by atoms with Crippen molar-refractivity contribution in [3.8, 4) is 5.69 Å². The summed E-state index contributed by atoms with van der Waals surface area (Å²) in [5.41, 5.74) is 4.05. The molecule has 0 spiro atoms.